The van der Waals surface area contributed by atoms with Crippen LogP contribution in [0.1, 0.15) is 12.5 Å². The number of nitrogens with one attached hydrogen (secondary N) is 2. The van der Waals surface area contributed by atoms with Crippen molar-refractivity contribution in [2.45, 2.75) is 13.5 Å². The van der Waals surface area contributed by atoms with Crippen molar-refractivity contribution in [1.29, 1.82) is 0 Å². The lowest BCUT2D eigenvalue weighted by atomic mass is 10.2. The van der Waals surface area contributed by atoms with E-state index < -0.39 is 0 Å². The van der Waals surface area contributed by atoms with Gasteiger partial charge in [0.25, 0.3) is 0 Å². The van der Waals surface area contributed by atoms with E-state index in [9.17, 15) is 5.11 Å². The molecule has 0 amide bonds. The van der Waals surface area contributed by atoms with Crippen LogP contribution in [0.5, 0.6) is 11.5 Å². The fourth-order valence-corrected chi connectivity index (χ4v) is 1.92. The molecule has 0 aliphatic heterocycles. The molecule has 0 aromatic heterocycles. The summed E-state index contributed by atoms with van der Waals surface area (Å²) >= 11 is 1.79. The summed E-state index contributed by atoms with van der Waals surface area (Å²) in [7, 11) is 1.53. The molecule has 0 saturated carbocycles. The van der Waals surface area contributed by atoms with E-state index in [1.165, 1.54) is 7.11 Å². The average molecular weight is 297 g/mol. The number of phenolic OH excluding ortho intramolecular Hbond substituents is 1. The van der Waals surface area contributed by atoms with Gasteiger partial charge in [-0.15, -0.1) is 0 Å². The number of aromatic hydroxyl groups is 1. The summed E-state index contributed by atoms with van der Waals surface area (Å²) in [6.07, 6.45) is 2.08. The first kappa shape index (κ1) is 16.5. The van der Waals surface area contributed by atoms with Crippen LogP contribution in [-0.4, -0.2) is 43.3 Å². The molecule has 1 aromatic carbocycles. The molecule has 0 bridgehead atoms. The molecule has 5 nitrogen and oxygen atoms in total. The molecule has 1 rings (SSSR count). The summed E-state index contributed by atoms with van der Waals surface area (Å²) in [6, 6.07) is 5.32. The molecule has 0 atom stereocenters. The fraction of sp³-hybridized carbons (Fsp3) is 0.500. The molecule has 0 fully saturated rings. The van der Waals surface area contributed by atoms with Gasteiger partial charge in [0.2, 0.25) is 0 Å². The van der Waals surface area contributed by atoms with E-state index in [4.69, 9.17) is 4.74 Å². The lowest BCUT2D eigenvalue weighted by Crippen LogP contribution is -2.38. The first-order valence-electron chi connectivity index (χ1n) is 6.58. The molecule has 0 saturated heterocycles. The largest absolute Gasteiger partial charge is 0.504 e. The van der Waals surface area contributed by atoms with Gasteiger partial charge in [-0.2, -0.15) is 11.8 Å². The van der Waals surface area contributed by atoms with Crippen molar-refractivity contribution in [3.05, 3.63) is 23.8 Å². The number of nitrogens with zero attached hydrogens (tertiary/aromatic N) is 1. The highest BCUT2D eigenvalue weighted by Crippen LogP contribution is 2.26. The van der Waals surface area contributed by atoms with Gasteiger partial charge in [-0.25, -0.2) is 4.99 Å². The number of guanidine groups is 1. The smallest absolute Gasteiger partial charge is 0.191 e. The number of phenols is 1. The summed E-state index contributed by atoms with van der Waals surface area (Å²) in [5.41, 5.74) is 0.936. The Labute approximate surface area is 124 Å². The average Bonchev–Trinajstić information content (AvgIpc) is 2.45. The second-order valence-corrected chi connectivity index (χ2v) is 5.11. The van der Waals surface area contributed by atoms with Crippen LogP contribution in [0.25, 0.3) is 0 Å². The van der Waals surface area contributed by atoms with Crippen molar-refractivity contribution in [1.82, 2.24) is 10.6 Å². The van der Waals surface area contributed by atoms with Crippen LogP contribution in [-0.2, 0) is 6.54 Å². The van der Waals surface area contributed by atoms with E-state index in [-0.39, 0.29) is 5.75 Å². The number of hydrogen-bond donors (Lipinski definition) is 3. The maximum atomic E-state index is 9.73. The fourth-order valence-electron chi connectivity index (χ4n) is 1.62. The molecule has 112 valence electrons. The van der Waals surface area contributed by atoms with Gasteiger partial charge in [0.05, 0.1) is 13.7 Å². The number of benzene rings is 1. The van der Waals surface area contributed by atoms with Crippen LogP contribution < -0.4 is 15.4 Å². The number of aliphatic imine (C=N–C) groups is 1. The summed E-state index contributed by atoms with van der Waals surface area (Å²) in [5, 5.41) is 16.2. The Balaban J connectivity index is 2.63. The first-order valence-corrected chi connectivity index (χ1v) is 7.97. The molecule has 1 aromatic rings. The standard InChI is InChI=1S/C14H23N3O2S/c1-4-15-14(16-7-8-20-3)17-10-11-5-6-13(19-2)12(18)9-11/h5-6,9,18H,4,7-8,10H2,1-3H3,(H2,15,16,17). The SMILES string of the molecule is CCNC(=NCc1ccc(OC)c(O)c1)NCCSC. The lowest BCUT2D eigenvalue weighted by molar-refractivity contribution is 0.373. The molecular formula is C14H23N3O2S. The van der Waals surface area contributed by atoms with E-state index in [0.29, 0.717) is 12.3 Å². The summed E-state index contributed by atoms with van der Waals surface area (Å²) in [6.45, 7) is 4.23. The predicted octanol–water partition coefficient (Wildman–Crippen LogP) is 1.82. The zero-order valence-corrected chi connectivity index (χ0v) is 13.1. The third-order valence-corrected chi connectivity index (χ3v) is 3.22. The highest BCUT2D eigenvalue weighted by Gasteiger charge is 2.02. The highest BCUT2D eigenvalue weighted by atomic mass is 32.2. The van der Waals surface area contributed by atoms with Crippen LogP contribution in [0.15, 0.2) is 23.2 Å². The molecule has 6 heteroatoms. The van der Waals surface area contributed by atoms with Crippen molar-refractivity contribution in [3.63, 3.8) is 0 Å². The number of methoxy groups -OCH3 is 1. The summed E-state index contributed by atoms with van der Waals surface area (Å²) in [4.78, 5) is 4.49. The molecule has 0 heterocycles. The van der Waals surface area contributed by atoms with E-state index in [1.807, 2.05) is 13.0 Å². The van der Waals surface area contributed by atoms with Gasteiger partial charge < -0.3 is 20.5 Å². The Bertz CT molecular complexity index is 438. The monoisotopic (exact) mass is 297 g/mol. The van der Waals surface area contributed by atoms with Crippen LogP contribution in [0.2, 0.25) is 0 Å². The Hall–Kier alpha value is -1.56. The van der Waals surface area contributed by atoms with Crippen molar-refractivity contribution in [2.75, 3.05) is 32.2 Å². The maximum Gasteiger partial charge on any atom is 0.191 e. The maximum absolute atomic E-state index is 9.73. The van der Waals surface area contributed by atoms with Crippen LogP contribution in [0.3, 0.4) is 0 Å². The molecule has 3 N–H and O–H groups in total. The minimum Gasteiger partial charge on any atom is -0.504 e. The molecule has 0 unspecified atom stereocenters. The molecule has 0 aliphatic rings. The zero-order chi connectivity index (χ0) is 14.8. The minimum atomic E-state index is 0.139. The second kappa shape index (κ2) is 9.36. The first-order chi connectivity index (χ1) is 9.71. The number of thioether (sulfide) groups is 1. The second-order valence-electron chi connectivity index (χ2n) is 4.12. The Morgan fingerprint density at radius 1 is 1.40 bits per heavy atom. The Morgan fingerprint density at radius 3 is 2.80 bits per heavy atom. The highest BCUT2D eigenvalue weighted by molar-refractivity contribution is 7.98. The summed E-state index contributed by atoms with van der Waals surface area (Å²) in [5.74, 6) is 2.44. The molecular weight excluding hydrogens is 274 g/mol. The van der Waals surface area contributed by atoms with Gasteiger partial charge in [0.1, 0.15) is 0 Å². The topological polar surface area (TPSA) is 65.9 Å². The quantitative estimate of drug-likeness (QED) is 0.407. The van der Waals surface area contributed by atoms with Gasteiger partial charge in [0.15, 0.2) is 17.5 Å². The van der Waals surface area contributed by atoms with E-state index in [0.717, 1.165) is 30.4 Å². The third kappa shape index (κ3) is 5.61. The van der Waals surface area contributed by atoms with Crippen molar-refractivity contribution < 1.29 is 9.84 Å². The van der Waals surface area contributed by atoms with Crippen LogP contribution in [0, 0.1) is 0 Å². The lowest BCUT2D eigenvalue weighted by Gasteiger charge is -2.11. The third-order valence-electron chi connectivity index (χ3n) is 2.61. The van der Waals surface area contributed by atoms with Crippen LogP contribution in [0.4, 0.5) is 0 Å². The number of ether oxygens (including phenoxy) is 1. The molecule has 20 heavy (non-hydrogen) atoms. The predicted molar refractivity (Wildman–Crippen MR) is 85.9 cm³/mol. The molecule has 0 aliphatic carbocycles. The summed E-state index contributed by atoms with van der Waals surface area (Å²) < 4.78 is 5.02. The van der Waals surface area contributed by atoms with Gasteiger partial charge in [-0.1, -0.05) is 6.07 Å². The van der Waals surface area contributed by atoms with E-state index in [1.54, 1.807) is 23.9 Å². The van der Waals surface area contributed by atoms with Crippen molar-refractivity contribution >= 4 is 17.7 Å². The van der Waals surface area contributed by atoms with Crippen molar-refractivity contribution in [3.8, 4) is 11.5 Å². The van der Waals surface area contributed by atoms with E-state index >= 15 is 0 Å². The normalized spacial score (nSPS) is 11.2. The van der Waals surface area contributed by atoms with Gasteiger partial charge in [-0.3, -0.25) is 0 Å². The van der Waals surface area contributed by atoms with Crippen molar-refractivity contribution in [2.24, 2.45) is 4.99 Å². The minimum absolute atomic E-state index is 0.139. The van der Waals surface area contributed by atoms with Gasteiger partial charge in [-0.05, 0) is 30.9 Å². The van der Waals surface area contributed by atoms with E-state index in [2.05, 4.69) is 21.9 Å². The Morgan fingerprint density at radius 2 is 2.20 bits per heavy atom. The molecule has 0 radical (unpaired) electrons. The zero-order valence-electron chi connectivity index (χ0n) is 12.3. The van der Waals surface area contributed by atoms with Gasteiger partial charge >= 0.3 is 0 Å². The Kier molecular flexibility index (Phi) is 7.72. The van der Waals surface area contributed by atoms with Crippen LogP contribution >= 0.6 is 11.8 Å². The number of hydrogen-bond acceptors (Lipinski definition) is 4. The van der Waals surface area contributed by atoms with Gasteiger partial charge in [0, 0.05) is 18.8 Å². The molecule has 0 spiro atoms. The number of rotatable bonds is 7.